The molecule has 0 aliphatic carbocycles. The van der Waals surface area contributed by atoms with Gasteiger partial charge in [-0.25, -0.2) is 9.97 Å². The summed E-state index contributed by atoms with van der Waals surface area (Å²) < 4.78 is 0. The van der Waals surface area contributed by atoms with Crippen LogP contribution in [-0.4, -0.2) is 15.1 Å². The largest absolute Gasteiger partial charge is 0.389 e. The number of benzene rings is 2. The van der Waals surface area contributed by atoms with Crippen molar-refractivity contribution in [2.24, 2.45) is 0 Å². The SMILES string of the molecule is CC(O)c1cccc(Nc2nccc(-c3ccc(-c4ccc(Cl)cc4)s3)n2)c1. The maximum Gasteiger partial charge on any atom is 0.227 e. The highest BCUT2D eigenvalue weighted by Gasteiger charge is 2.08. The standard InChI is InChI=1S/C22H18ClN3OS/c1-14(27)16-3-2-4-18(13-16)25-22-24-12-11-19(26-22)21-10-9-20(28-21)15-5-7-17(23)8-6-15/h2-14,27H,1H3,(H,24,25,26). The Labute approximate surface area is 172 Å². The zero-order chi connectivity index (χ0) is 19.5. The van der Waals surface area contributed by atoms with Crippen molar-refractivity contribution < 1.29 is 5.11 Å². The predicted octanol–water partition coefficient (Wildman–Crippen LogP) is 6.32. The molecule has 1 unspecified atom stereocenters. The second-order valence-corrected chi connectivity index (χ2v) is 7.88. The Balaban J connectivity index is 1.57. The van der Waals surface area contributed by atoms with E-state index in [0.717, 1.165) is 37.3 Å². The van der Waals surface area contributed by atoms with Gasteiger partial charge >= 0.3 is 0 Å². The van der Waals surface area contributed by atoms with Gasteiger partial charge in [-0.05, 0) is 60.5 Å². The third-order valence-electron chi connectivity index (χ3n) is 4.27. The molecule has 0 fully saturated rings. The third-order valence-corrected chi connectivity index (χ3v) is 5.68. The zero-order valence-corrected chi connectivity index (χ0v) is 16.7. The van der Waals surface area contributed by atoms with Crippen molar-refractivity contribution in [1.29, 1.82) is 0 Å². The molecule has 6 heteroatoms. The summed E-state index contributed by atoms with van der Waals surface area (Å²) >= 11 is 7.65. The molecule has 0 bridgehead atoms. The smallest absolute Gasteiger partial charge is 0.227 e. The molecule has 2 heterocycles. The van der Waals surface area contributed by atoms with Gasteiger partial charge in [-0.3, -0.25) is 0 Å². The van der Waals surface area contributed by atoms with Gasteiger partial charge in [-0.2, -0.15) is 0 Å². The fourth-order valence-electron chi connectivity index (χ4n) is 2.81. The highest BCUT2D eigenvalue weighted by atomic mass is 35.5. The minimum absolute atomic E-state index is 0.515. The molecule has 0 spiro atoms. The molecule has 0 saturated heterocycles. The molecule has 0 radical (unpaired) electrons. The average molecular weight is 408 g/mol. The lowest BCUT2D eigenvalue weighted by atomic mass is 10.1. The summed E-state index contributed by atoms with van der Waals surface area (Å²) in [5, 5.41) is 13.7. The van der Waals surface area contributed by atoms with Crippen molar-refractivity contribution in [2.75, 3.05) is 5.32 Å². The van der Waals surface area contributed by atoms with Crippen molar-refractivity contribution in [3.8, 4) is 21.0 Å². The Morgan fingerprint density at radius 3 is 2.57 bits per heavy atom. The van der Waals surface area contributed by atoms with E-state index in [9.17, 15) is 5.11 Å². The van der Waals surface area contributed by atoms with Gasteiger partial charge in [-0.15, -0.1) is 11.3 Å². The first-order valence-corrected chi connectivity index (χ1v) is 10.0. The highest BCUT2D eigenvalue weighted by molar-refractivity contribution is 7.18. The zero-order valence-electron chi connectivity index (χ0n) is 15.1. The Kier molecular flexibility index (Phi) is 5.39. The molecule has 1 atom stereocenters. The van der Waals surface area contributed by atoms with E-state index in [1.165, 1.54) is 0 Å². The number of nitrogens with one attached hydrogen (secondary N) is 1. The van der Waals surface area contributed by atoms with Gasteiger partial charge in [0, 0.05) is 21.8 Å². The van der Waals surface area contributed by atoms with E-state index in [0.29, 0.717) is 5.95 Å². The van der Waals surface area contributed by atoms with Crippen molar-refractivity contribution in [1.82, 2.24) is 9.97 Å². The van der Waals surface area contributed by atoms with Crippen LogP contribution in [-0.2, 0) is 0 Å². The Morgan fingerprint density at radius 1 is 1.00 bits per heavy atom. The van der Waals surface area contributed by atoms with Crippen molar-refractivity contribution in [2.45, 2.75) is 13.0 Å². The number of hydrogen-bond donors (Lipinski definition) is 2. The molecule has 140 valence electrons. The first kappa shape index (κ1) is 18.6. The van der Waals surface area contributed by atoms with Gasteiger partial charge in [-0.1, -0.05) is 35.9 Å². The van der Waals surface area contributed by atoms with Gasteiger partial charge in [0.15, 0.2) is 0 Å². The van der Waals surface area contributed by atoms with Crippen molar-refractivity contribution in [3.05, 3.63) is 83.5 Å². The van der Waals surface area contributed by atoms with Crippen molar-refractivity contribution in [3.63, 3.8) is 0 Å². The van der Waals surface area contributed by atoms with Crippen LogP contribution >= 0.6 is 22.9 Å². The fourth-order valence-corrected chi connectivity index (χ4v) is 3.91. The molecule has 2 aromatic carbocycles. The van der Waals surface area contributed by atoms with E-state index in [4.69, 9.17) is 11.6 Å². The number of hydrogen-bond acceptors (Lipinski definition) is 5. The Bertz CT molecular complexity index is 1090. The second kappa shape index (κ2) is 8.10. The summed E-state index contributed by atoms with van der Waals surface area (Å²) in [6.07, 6.45) is 1.22. The van der Waals surface area contributed by atoms with Crippen LogP contribution in [0.15, 0.2) is 72.9 Å². The number of halogens is 1. The summed E-state index contributed by atoms with van der Waals surface area (Å²) in [6, 6.07) is 21.5. The normalized spacial score (nSPS) is 12.0. The summed E-state index contributed by atoms with van der Waals surface area (Å²) in [6.45, 7) is 1.74. The summed E-state index contributed by atoms with van der Waals surface area (Å²) in [4.78, 5) is 11.2. The Morgan fingerprint density at radius 2 is 1.79 bits per heavy atom. The number of aliphatic hydroxyl groups is 1. The van der Waals surface area contributed by atoms with Gasteiger partial charge in [0.1, 0.15) is 0 Å². The van der Waals surface area contributed by atoms with Crippen LogP contribution in [0.2, 0.25) is 5.02 Å². The Hall–Kier alpha value is -2.73. The van der Waals surface area contributed by atoms with Gasteiger partial charge < -0.3 is 10.4 Å². The molecule has 4 aromatic rings. The van der Waals surface area contributed by atoms with Crippen LogP contribution in [0.4, 0.5) is 11.6 Å². The average Bonchev–Trinajstić information content (AvgIpc) is 3.19. The van der Waals surface area contributed by atoms with Crippen LogP contribution in [0, 0.1) is 0 Å². The molecule has 0 aliphatic rings. The number of rotatable bonds is 5. The quantitative estimate of drug-likeness (QED) is 0.406. The maximum atomic E-state index is 9.75. The number of aliphatic hydroxyl groups excluding tert-OH is 1. The molecule has 28 heavy (non-hydrogen) atoms. The molecule has 0 saturated carbocycles. The van der Waals surface area contributed by atoms with Gasteiger partial charge in [0.25, 0.3) is 0 Å². The lowest BCUT2D eigenvalue weighted by molar-refractivity contribution is 0.199. The molecule has 4 rings (SSSR count). The molecule has 0 aliphatic heterocycles. The minimum atomic E-state index is -0.522. The highest BCUT2D eigenvalue weighted by Crippen LogP contribution is 2.34. The third kappa shape index (κ3) is 4.22. The number of nitrogens with zero attached hydrogens (tertiary/aromatic N) is 2. The van der Waals surface area contributed by atoms with E-state index < -0.39 is 6.10 Å². The van der Waals surface area contributed by atoms with E-state index in [1.807, 2.05) is 54.6 Å². The first-order chi connectivity index (χ1) is 13.6. The molecule has 4 nitrogen and oxygen atoms in total. The van der Waals surface area contributed by atoms with E-state index >= 15 is 0 Å². The van der Waals surface area contributed by atoms with E-state index in [2.05, 4.69) is 27.4 Å². The topological polar surface area (TPSA) is 58.0 Å². The number of anilines is 2. The van der Waals surface area contributed by atoms with Crippen LogP contribution < -0.4 is 5.32 Å². The first-order valence-electron chi connectivity index (χ1n) is 8.83. The van der Waals surface area contributed by atoms with E-state index in [-0.39, 0.29) is 0 Å². The lowest BCUT2D eigenvalue weighted by Gasteiger charge is -2.09. The van der Waals surface area contributed by atoms with E-state index in [1.54, 1.807) is 24.5 Å². The van der Waals surface area contributed by atoms with Crippen LogP contribution in [0.5, 0.6) is 0 Å². The fraction of sp³-hybridized carbons (Fsp3) is 0.0909. The maximum absolute atomic E-state index is 9.75. The van der Waals surface area contributed by atoms with Gasteiger partial charge in [0.2, 0.25) is 5.95 Å². The number of aromatic nitrogens is 2. The molecule has 2 aromatic heterocycles. The van der Waals surface area contributed by atoms with Crippen LogP contribution in [0.25, 0.3) is 21.0 Å². The molecular weight excluding hydrogens is 390 g/mol. The minimum Gasteiger partial charge on any atom is -0.389 e. The summed E-state index contributed by atoms with van der Waals surface area (Å²) in [5.74, 6) is 0.515. The molecule has 2 N–H and O–H groups in total. The van der Waals surface area contributed by atoms with Crippen LogP contribution in [0.3, 0.4) is 0 Å². The summed E-state index contributed by atoms with van der Waals surface area (Å²) in [5.41, 5.74) is 3.66. The lowest BCUT2D eigenvalue weighted by Crippen LogP contribution is -1.99. The number of thiophene rings is 1. The molecular formula is C22H18ClN3OS. The van der Waals surface area contributed by atoms with Gasteiger partial charge in [0.05, 0.1) is 16.7 Å². The summed E-state index contributed by atoms with van der Waals surface area (Å²) in [7, 11) is 0. The van der Waals surface area contributed by atoms with Crippen molar-refractivity contribution >= 4 is 34.6 Å². The monoisotopic (exact) mass is 407 g/mol. The molecule has 0 amide bonds. The van der Waals surface area contributed by atoms with Crippen LogP contribution in [0.1, 0.15) is 18.6 Å². The predicted molar refractivity (Wildman–Crippen MR) is 116 cm³/mol. The second-order valence-electron chi connectivity index (χ2n) is 6.36.